The first-order chi connectivity index (χ1) is 9.12. The lowest BCUT2D eigenvalue weighted by atomic mass is 10.2. The summed E-state index contributed by atoms with van der Waals surface area (Å²) in [5, 5.41) is 0. The molecule has 0 amide bonds. The van der Waals surface area contributed by atoms with Gasteiger partial charge in [0.15, 0.2) is 0 Å². The topological polar surface area (TPSA) is 43.4 Å². The van der Waals surface area contributed by atoms with Crippen LogP contribution in [0.25, 0.3) is 0 Å². The molecule has 3 nitrogen and oxygen atoms in total. The molecule has 1 atom stereocenters. The summed E-state index contributed by atoms with van der Waals surface area (Å²) in [5.74, 6) is 0.245. The summed E-state index contributed by atoms with van der Waals surface area (Å²) in [7, 11) is 0. The second-order valence-corrected chi connectivity index (χ2v) is 5.72. The predicted molar refractivity (Wildman–Crippen MR) is 78.0 cm³/mol. The zero-order valence-corrected chi connectivity index (χ0v) is 11.8. The molecule has 1 aromatic rings. The Balaban J connectivity index is 2.53. The van der Waals surface area contributed by atoms with E-state index >= 15 is 0 Å². The van der Waals surface area contributed by atoms with E-state index in [2.05, 4.69) is 6.58 Å². The quantitative estimate of drug-likeness (QED) is 0.317. The monoisotopic (exact) mass is 278 g/mol. The normalized spacial score (nSPS) is 13.3. The lowest BCUT2D eigenvalue weighted by molar-refractivity contribution is -0.146. The number of thioether (sulfide) groups is 1. The Hall–Kier alpha value is -1.55. The molecule has 0 saturated carbocycles. The third-order valence-electron chi connectivity index (χ3n) is 2.65. The van der Waals surface area contributed by atoms with Crippen LogP contribution in [0, 0.1) is 0 Å². The van der Waals surface area contributed by atoms with Gasteiger partial charge < -0.3 is 9.53 Å². The molecule has 0 aliphatic rings. The molecule has 0 aromatic heterocycles. The second-order valence-electron chi connectivity index (χ2n) is 4.18. The number of rotatable bonds is 8. The van der Waals surface area contributed by atoms with Gasteiger partial charge in [0.2, 0.25) is 0 Å². The van der Waals surface area contributed by atoms with Crippen molar-refractivity contribution >= 4 is 24.0 Å². The molecule has 0 radical (unpaired) electrons. The zero-order chi connectivity index (χ0) is 14.1. The summed E-state index contributed by atoms with van der Waals surface area (Å²) >= 11 is 1.37. The van der Waals surface area contributed by atoms with Crippen molar-refractivity contribution in [2.24, 2.45) is 0 Å². The number of aldehydes is 1. The highest BCUT2D eigenvalue weighted by Crippen LogP contribution is 2.28. The minimum absolute atomic E-state index is 0.247. The minimum Gasteiger partial charge on any atom is -0.460 e. The van der Waals surface area contributed by atoms with Crippen molar-refractivity contribution in [1.82, 2.24) is 0 Å². The third-order valence-corrected chi connectivity index (χ3v) is 4.02. The van der Waals surface area contributed by atoms with Crippen molar-refractivity contribution < 1.29 is 14.3 Å². The van der Waals surface area contributed by atoms with Crippen molar-refractivity contribution in [3.8, 4) is 0 Å². The molecule has 0 N–H and O–H groups in total. The van der Waals surface area contributed by atoms with Gasteiger partial charge >= 0.3 is 5.97 Å². The molecular weight excluding hydrogens is 260 g/mol. The Morgan fingerprint density at radius 3 is 2.68 bits per heavy atom. The number of carbonyl (C=O) groups is 2. The second kappa shape index (κ2) is 7.79. The summed E-state index contributed by atoms with van der Waals surface area (Å²) in [5.41, 5.74) is 0.945. The fourth-order valence-corrected chi connectivity index (χ4v) is 2.32. The molecule has 0 fully saturated rings. The van der Waals surface area contributed by atoms with Crippen LogP contribution in [0.5, 0.6) is 0 Å². The van der Waals surface area contributed by atoms with Crippen molar-refractivity contribution in [3.63, 3.8) is 0 Å². The SMILES string of the molecule is C=C[C@@](C)(SCCC=O)C(=O)OCc1ccccc1. The van der Waals surface area contributed by atoms with Gasteiger partial charge in [-0.1, -0.05) is 36.4 Å². The van der Waals surface area contributed by atoms with Crippen LogP contribution in [0.1, 0.15) is 18.9 Å². The molecule has 0 saturated heterocycles. The first kappa shape index (κ1) is 15.5. The van der Waals surface area contributed by atoms with E-state index in [0.717, 1.165) is 11.8 Å². The Bertz CT molecular complexity index is 430. The van der Waals surface area contributed by atoms with Gasteiger partial charge in [0.1, 0.15) is 17.6 Å². The van der Waals surface area contributed by atoms with E-state index < -0.39 is 4.75 Å². The van der Waals surface area contributed by atoms with Crippen LogP contribution < -0.4 is 0 Å². The molecule has 0 unspecified atom stereocenters. The molecule has 0 bridgehead atoms. The summed E-state index contributed by atoms with van der Waals surface area (Å²) in [6.07, 6.45) is 2.82. The Morgan fingerprint density at radius 1 is 1.42 bits per heavy atom. The number of hydrogen-bond acceptors (Lipinski definition) is 4. The average Bonchev–Trinajstić information content (AvgIpc) is 2.45. The van der Waals surface area contributed by atoms with Crippen molar-refractivity contribution in [1.29, 1.82) is 0 Å². The van der Waals surface area contributed by atoms with Crippen LogP contribution in [0.4, 0.5) is 0 Å². The van der Waals surface area contributed by atoms with Crippen LogP contribution in [-0.4, -0.2) is 22.8 Å². The highest BCUT2D eigenvalue weighted by atomic mass is 32.2. The minimum atomic E-state index is -0.808. The van der Waals surface area contributed by atoms with E-state index in [1.807, 2.05) is 30.3 Å². The molecule has 1 rings (SSSR count). The molecule has 0 aliphatic heterocycles. The Kier molecular flexibility index (Phi) is 6.36. The van der Waals surface area contributed by atoms with E-state index in [4.69, 9.17) is 4.74 Å². The molecule has 0 spiro atoms. The summed E-state index contributed by atoms with van der Waals surface area (Å²) < 4.78 is 4.49. The van der Waals surface area contributed by atoms with Gasteiger partial charge in [0.25, 0.3) is 0 Å². The molecule has 0 heterocycles. The lowest BCUT2D eigenvalue weighted by Crippen LogP contribution is -2.31. The van der Waals surface area contributed by atoms with Gasteiger partial charge in [-0.2, -0.15) is 0 Å². The van der Waals surface area contributed by atoms with Crippen LogP contribution in [0.3, 0.4) is 0 Å². The smallest absolute Gasteiger partial charge is 0.326 e. The number of benzene rings is 1. The van der Waals surface area contributed by atoms with Crippen LogP contribution in [0.2, 0.25) is 0 Å². The van der Waals surface area contributed by atoms with Gasteiger partial charge in [-0.3, -0.25) is 4.79 Å². The van der Waals surface area contributed by atoms with E-state index in [-0.39, 0.29) is 12.6 Å². The zero-order valence-electron chi connectivity index (χ0n) is 11.0. The first-order valence-corrected chi connectivity index (χ1v) is 7.03. The Labute approximate surface area is 118 Å². The van der Waals surface area contributed by atoms with E-state index in [0.29, 0.717) is 12.2 Å². The summed E-state index contributed by atoms with van der Waals surface area (Å²) in [6.45, 7) is 5.68. The highest BCUT2D eigenvalue weighted by molar-refractivity contribution is 8.01. The number of carbonyl (C=O) groups excluding carboxylic acids is 2. The van der Waals surface area contributed by atoms with Gasteiger partial charge in [-0.05, 0) is 12.5 Å². The molecule has 0 aliphatic carbocycles. The fraction of sp³-hybridized carbons (Fsp3) is 0.333. The standard InChI is InChI=1S/C15H18O3S/c1-3-15(2,19-11-7-10-16)14(17)18-12-13-8-5-4-6-9-13/h3-6,8-10H,1,7,11-12H2,2H3/t15-/m1/s1. The van der Waals surface area contributed by atoms with Crippen LogP contribution in [-0.2, 0) is 20.9 Å². The van der Waals surface area contributed by atoms with E-state index in [1.165, 1.54) is 11.8 Å². The van der Waals surface area contributed by atoms with E-state index in [1.54, 1.807) is 13.0 Å². The fourth-order valence-electron chi connectivity index (χ4n) is 1.39. The maximum absolute atomic E-state index is 12.1. The summed E-state index contributed by atoms with van der Waals surface area (Å²) in [4.78, 5) is 22.4. The van der Waals surface area contributed by atoms with Crippen LogP contribution in [0.15, 0.2) is 43.0 Å². The largest absolute Gasteiger partial charge is 0.460 e. The maximum Gasteiger partial charge on any atom is 0.326 e. The maximum atomic E-state index is 12.1. The summed E-state index contributed by atoms with van der Waals surface area (Å²) in [6, 6.07) is 9.51. The number of esters is 1. The van der Waals surface area contributed by atoms with Crippen LogP contribution >= 0.6 is 11.8 Å². The average molecular weight is 278 g/mol. The molecule has 1 aromatic carbocycles. The van der Waals surface area contributed by atoms with Gasteiger partial charge in [-0.15, -0.1) is 18.3 Å². The highest BCUT2D eigenvalue weighted by Gasteiger charge is 2.31. The van der Waals surface area contributed by atoms with Crippen molar-refractivity contribution in [2.45, 2.75) is 24.7 Å². The molecule has 19 heavy (non-hydrogen) atoms. The first-order valence-electron chi connectivity index (χ1n) is 6.04. The van der Waals surface area contributed by atoms with Gasteiger partial charge in [0.05, 0.1) is 0 Å². The number of ether oxygens (including phenoxy) is 1. The molecule has 4 heteroatoms. The predicted octanol–water partition coefficient (Wildman–Crippen LogP) is 3.00. The molecular formula is C15H18O3S. The van der Waals surface area contributed by atoms with Crippen molar-refractivity contribution in [3.05, 3.63) is 48.6 Å². The van der Waals surface area contributed by atoms with Crippen molar-refractivity contribution in [2.75, 3.05) is 5.75 Å². The Morgan fingerprint density at radius 2 is 2.11 bits per heavy atom. The third kappa shape index (κ3) is 4.91. The number of hydrogen-bond donors (Lipinski definition) is 0. The van der Waals surface area contributed by atoms with E-state index in [9.17, 15) is 9.59 Å². The van der Waals surface area contributed by atoms with Gasteiger partial charge in [-0.25, -0.2) is 0 Å². The lowest BCUT2D eigenvalue weighted by Gasteiger charge is -2.22. The van der Waals surface area contributed by atoms with Gasteiger partial charge in [0, 0.05) is 12.2 Å². The molecule has 102 valence electrons.